The zero-order valence-corrected chi connectivity index (χ0v) is 22.0. The number of carbonyl (C=O) groups is 1. The molecule has 2 aliphatic heterocycles. The fraction of sp³-hybridized carbons (Fsp3) is 0.370. The molecule has 1 saturated heterocycles. The molecule has 5 nitrogen and oxygen atoms in total. The minimum absolute atomic E-state index is 0.0879. The zero-order chi connectivity index (χ0) is 27.1. The van der Waals surface area contributed by atoms with Crippen molar-refractivity contribution in [3.8, 4) is 0 Å². The van der Waals surface area contributed by atoms with E-state index in [0.29, 0.717) is 38.3 Å². The summed E-state index contributed by atoms with van der Waals surface area (Å²) in [6.45, 7) is 0.564. The number of thiophene rings is 1. The molecule has 3 aromatic rings. The highest BCUT2D eigenvalue weighted by Gasteiger charge is 2.39. The molecule has 2 atom stereocenters. The molecule has 5 rings (SSSR count). The molecule has 11 heteroatoms. The van der Waals surface area contributed by atoms with Gasteiger partial charge in [0, 0.05) is 30.4 Å². The van der Waals surface area contributed by atoms with Gasteiger partial charge in [0.1, 0.15) is 5.82 Å². The first kappa shape index (κ1) is 26.8. The topological polar surface area (TPSA) is 57.7 Å². The molecule has 3 heterocycles. The molecule has 0 aliphatic carbocycles. The van der Waals surface area contributed by atoms with E-state index in [1.165, 1.54) is 16.4 Å². The van der Waals surface area contributed by atoms with Crippen molar-refractivity contribution < 1.29 is 30.8 Å². The van der Waals surface area contributed by atoms with Gasteiger partial charge in [0.25, 0.3) is 0 Å². The van der Waals surface area contributed by atoms with Crippen LogP contribution in [-0.2, 0) is 27.4 Å². The average molecular weight is 567 g/mol. The van der Waals surface area contributed by atoms with Gasteiger partial charge < -0.3 is 4.90 Å². The highest BCUT2D eigenvalue weighted by molar-refractivity contribution is 7.89. The first-order valence-corrected chi connectivity index (χ1v) is 14.7. The maximum atomic E-state index is 13.7. The van der Waals surface area contributed by atoms with Crippen LogP contribution >= 0.6 is 11.3 Å². The van der Waals surface area contributed by atoms with Gasteiger partial charge in [0.15, 0.2) is 0 Å². The van der Waals surface area contributed by atoms with E-state index >= 15 is 0 Å². The summed E-state index contributed by atoms with van der Waals surface area (Å²) >= 11 is 1.60. The minimum Gasteiger partial charge on any atom is -0.331 e. The number of piperidine rings is 1. The summed E-state index contributed by atoms with van der Waals surface area (Å²) in [5.74, 6) is -0.627. The van der Waals surface area contributed by atoms with Gasteiger partial charge in [-0.25, -0.2) is 12.8 Å². The Morgan fingerprint density at radius 2 is 1.79 bits per heavy atom. The van der Waals surface area contributed by atoms with Crippen LogP contribution in [0, 0.1) is 5.82 Å². The number of amides is 1. The molecule has 0 bridgehead atoms. The first-order valence-electron chi connectivity index (χ1n) is 12.4. The van der Waals surface area contributed by atoms with E-state index in [-0.39, 0.29) is 24.7 Å². The Bertz CT molecular complexity index is 1420. The van der Waals surface area contributed by atoms with Crippen LogP contribution in [-0.4, -0.2) is 42.7 Å². The van der Waals surface area contributed by atoms with Crippen LogP contribution in [0.1, 0.15) is 53.3 Å². The summed E-state index contributed by atoms with van der Waals surface area (Å²) in [6, 6.07) is 10.6. The van der Waals surface area contributed by atoms with Gasteiger partial charge in [-0.3, -0.25) is 4.79 Å². The number of fused-ring (bicyclic) bond motifs is 1. The average Bonchev–Trinajstić information content (AvgIpc) is 3.37. The fourth-order valence-corrected chi connectivity index (χ4v) is 8.01. The van der Waals surface area contributed by atoms with Crippen molar-refractivity contribution in [1.82, 2.24) is 9.21 Å². The summed E-state index contributed by atoms with van der Waals surface area (Å²) in [5, 5.41) is 1.96. The molecule has 1 amide bonds. The molecule has 0 saturated carbocycles. The lowest BCUT2D eigenvalue weighted by Gasteiger charge is -2.39. The van der Waals surface area contributed by atoms with E-state index < -0.39 is 38.7 Å². The number of sulfonamides is 1. The molecule has 2 unspecified atom stereocenters. The third-order valence-corrected chi connectivity index (χ3v) is 10.2. The molecule has 1 aromatic heterocycles. The first-order chi connectivity index (χ1) is 18.1. The summed E-state index contributed by atoms with van der Waals surface area (Å²) in [7, 11) is -4.26. The monoisotopic (exact) mass is 566 g/mol. The van der Waals surface area contributed by atoms with E-state index in [2.05, 4.69) is 0 Å². The van der Waals surface area contributed by atoms with Crippen molar-refractivity contribution in [1.29, 1.82) is 0 Å². The summed E-state index contributed by atoms with van der Waals surface area (Å²) < 4.78 is 81.6. The van der Waals surface area contributed by atoms with E-state index in [9.17, 15) is 30.8 Å². The van der Waals surface area contributed by atoms with Gasteiger partial charge in [0.05, 0.1) is 16.5 Å². The molecular weight excluding hydrogens is 540 g/mol. The molecule has 0 spiro atoms. The Labute approximate surface area is 222 Å². The van der Waals surface area contributed by atoms with E-state index in [1.807, 2.05) is 11.4 Å². The highest BCUT2D eigenvalue weighted by atomic mass is 32.2. The number of halogens is 4. The lowest BCUT2D eigenvalue weighted by atomic mass is 9.92. The second-order valence-corrected chi connectivity index (χ2v) is 12.5. The second kappa shape index (κ2) is 10.4. The van der Waals surface area contributed by atoms with Crippen LogP contribution in [0.25, 0.3) is 0 Å². The number of carbonyl (C=O) groups excluding carboxylic acids is 1. The van der Waals surface area contributed by atoms with Crippen LogP contribution in [0.4, 0.5) is 17.6 Å². The number of nitrogens with zero attached hydrogens (tertiary/aromatic N) is 2. The smallest absolute Gasteiger partial charge is 0.331 e. The van der Waals surface area contributed by atoms with Crippen molar-refractivity contribution in [3.05, 3.63) is 87.4 Å². The van der Waals surface area contributed by atoms with Crippen LogP contribution in [0.5, 0.6) is 0 Å². The summed E-state index contributed by atoms with van der Waals surface area (Å²) in [6.07, 6.45) is -2.40. The van der Waals surface area contributed by atoms with E-state index in [1.54, 1.807) is 28.4 Å². The van der Waals surface area contributed by atoms with Crippen molar-refractivity contribution in [3.63, 3.8) is 0 Å². The lowest BCUT2D eigenvalue weighted by Crippen LogP contribution is -2.48. The zero-order valence-electron chi connectivity index (χ0n) is 20.3. The SMILES string of the molecule is O=C(CC1CCCCN1S(=O)(=O)c1cccc(C(F)(F)F)c1)N1CCc2sccc2C1c1ccc(F)cc1. The Morgan fingerprint density at radius 1 is 1.03 bits per heavy atom. The Kier molecular flexibility index (Phi) is 7.36. The van der Waals surface area contributed by atoms with Crippen molar-refractivity contribution in [2.24, 2.45) is 0 Å². The van der Waals surface area contributed by atoms with E-state index in [4.69, 9.17) is 0 Å². The normalized spacial score (nSPS) is 20.8. The second-order valence-electron chi connectivity index (χ2n) is 9.59. The van der Waals surface area contributed by atoms with Gasteiger partial charge in [-0.2, -0.15) is 17.5 Å². The molecule has 2 aromatic carbocycles. The Hall–Kier alpha value is -2.76. The third kappa shape index (κ3) is 5.23. The maximum absolute atomic E-state index is 13.7. The summed E-state index contributed by atoms with van der Waals surface area (Å²) in [4.78, 5) is 16.2. The largest absolute Gasteiger partial charge is 0.416 e. The number of rotatable bonds is 5. The predicted octanol–water partition coefficient (Wildman–Crippen LogP) is 6.01. The third-order valence-electron chi connectivity index (χ3n) is 7.22. The highest BCUT2D eigenvalue weighted by Crippen LogP contribution is 2.39. The minimum atomic E-state index is -4.67. The van der Waals surface area contributed by atoms with Gasteiger partial charge >= 0.3 is 6.18 Å². The Balaban J connectivity index is 1.42. The molecule has 202 valence electrons. The van der Waals surface area contributed by atoms with Gasteiger partial charge in [-0.1, -0.05) is 24.6 Å². The molecule has 0 radical (unpaired) electrons. The molecule has 1 fully saturated rings. The number of benzene rings is 2. The standard InChI is InChI=1S/C27H26F4N2O3S2/c28-20-9-7-18(8-10-20)26-23-12-15-37-24(23)11-14-32(26)25(34)17-21-5-1-2-13-33(21)38(35,36)22-6-3-4-19(16-22)27(29,30)31/h3-4,6-10,12,15-16,21,26H,1-2,5,11,13-14,17H2. The van der Waals surface area contributed by atoms with Crippen LogP contribution in [0.2, 0.25) is 0 Å². The van der Waals surface area contributed by atoms with Gasteiger partial charge in [-0.05, 0) is 72.2 Å². The van der Waals surface area contributed by atoms with Crippen LogP contribution in [0.3, 0.4) is 0 Å². The maximum Gasteiger partial charge on any atom is 0.416 e. The number of hydrogen-bond acceptors (Lipinski definition) is 4. The summed E-state index contributed by atoms with van der Waals surface area (Å²) in [5.41, 5.74) is 0.694. The van der Waals surface area contributed by atoms with Gasteiger partial charge in [0.2, 0.25) is 15.9 Å². The van der Waals surface area contributed by atoms with Crippen molar-refractivity contribution >= 4 is 27.3 Å². The number of alkyl halides is 3. The van der Waals surface area contributed by atoms with Crippen LogP contribution in [0.15, 0.2) is 64.9 Å². The van der Waals surface area contributed by atoms with Crippen molar-refractivity contribution in [2.45, 2.75) is 55.3 Å². The number of hydrogen-bond donors (Lipinski definition) is 0. The molecule has 0 N–H and O–H groups in total. The molecular formula is C27H26F4N2O3S2. The van der Waals surface area contributed by atoms with E-state index in [0.717, 1.165) is 34.2 Å². The lowest BCUT2D eigenvalue weighted by molar-refractivity contribution is -0.137. The van der Waals surface area contributed by atoms with Gasteiger partial charge in [-0.15, -0.1) is 11.3 Å². The fourth-order valence-electron chi connectivity index (χ4n) is 5.37. The molecule has 38 heavy (non-hydrogen) atoms. The predicted molar refractivity (Wildman–Crippen MR) is 136 cm³/mol. The van der Waals surface area contributed by atoms with Crippen molar-refractivity contribution in [2.75, 3.05) is 13.1 Å². The quantitative estimate of drug-likeness (QED) is 0.356. The molecule has 2 aliphatic rings. The Morgan fingerprint density at radius 3 is 2.53 bits per heavy atom. The van der Waals surface area contributed by atoms with Crippen LogP contribution < -0.4 is 0 Å².